The molecule has 6 rings (SSSR count). The summed E-state index contributed by atoms with van der Waals surface area (Å²) in [5.74, 6) is 1.25. The molecule has 0 saturated carbocycles. The van der Waals surface area contributed by atoms with E-state index in [2.05, 4.69) is 78.6 Å². The number of phenols is 1. The fourth-order valence-electron chi connectivity index (χ4n) is 5.07. The van der Waals surface area contributed by atoms with Crippen molar-refractivity contribution < 1.29 is 5.11 Å². The van der Waals surface area contributed by atoms with E-state index in [9.17, 15) is 5.11 Å². The lowest BCUT2D eigenvalue weighted by Gasteiger charge is -2.28. The van der Waals surface area contributed by atoms with Crippen molar-refractivity contribution in [3.63, 3.8) is 0 Å². The summed E-state index contributed by atoms with van der Waals surface area (Å²) in [7, 11) is 0. The van der Waals surface area contributed by atoms with Gasteiger partial charge in [-0.15, -0.1) is 0 Å². The molecule has 0 bridgehead atoms. The van der Waals surface area contributed by atoms with Gasteiger partial charge in [0.2, 0.25) is 0 Å². The molecule has 0 aliphatic heterocycles. The van der Waals surface area contributed by atoms with Crippen LogP contribution in [0.1, 0.15) is 24.0 Å². The Bertz CT molecular complexity index is 1730. The topological polar surface area (TPSA) is 49.2 Å². The van der Waals surface area contributed by atoms with Crippen LogP contribution in [0, 0.1) is 0 Å². The van der Waals surface area contributed by atoms with Crippen LogP contribution in [0.15, 0.2) is 146 Å². The van der Waals surface area contributed by atoms with Gasteiger partial charge in [-0.3, -0.25) is 4.90 Å². The van der Waals surface area contributed by atoms with Crippen LogP contribution in [0.4, 0.5) is 17.2 Å². The molecule has 0 aliphatic rings. The van der Waals surface area contributed by atoms with Crippen molar-refractivity contribution >= 4 is 17.2 Å². The van der Waals surface area contributed by atoms with Crippen molar-refractivity contribution in [3.05, 3.63) is 157 Å². The van der Waals surface area contributed by atoms with Crippen LogP contribution in [0.5, 0.6) is 5.75 Å². The zero-order valence-electron chi connectivity index (χ0n) is 22.2. The normalized spacial score (nSPS) is 11.6. The lowest BCUT2D eigenvalue weighted by Crippen LogP contribution is -2.15. The van der Waals surface area contributed by atoms with Gasteiger partial charge in [0, 0.05) is 40.2 Å². The molecule has 0 radical (unpaired) electrons. The second kappa shape index (κ2) is 11.3. The monoisotopic (exact) mass is 519 g/mol. The highest BCUT2D eigenvalue weighted by molar-refractivity contribution is 5.80. The highest BCUT2D eigenvalue weighted by Crippen LogP contribution is 2.40. The average Bonchev–Trinajstić information content (AvgIpc) is 3.02. The summed E-state index contributed by atoms with van der Waals surface area (Å²) < 4.78 is 0. The standard InChI is InChI=1S/C36H29N3O/c1-26(27-13-4-2-5-14-27)31-20-12-24-37-36(31)39(29-16-6-3-7-17-29)30-18-10-15-28(25-30)33-21-11-22-34(38-33)32-19-8-9-23-35(32)40/h2-26,40H,1H3. The maximum Gasteiger partial charge on any atom is 0.141 e. The van der Waals surface area contributed by atoms with E-state index < -0.39 is 0 Å². The van der Waals surface area contributed by atoms with Crippen LogP contribution in [-0.2, 0) is 0 Å². The summed E-state index contributed by atoms with van der Waals surface area (Å²) in [5.41, 5.74) is 7.63. The van der Waals surface area contributed by atoms with Crippen LogP contribution in [0.2, 0.25) is 0 Å². The Morgan fingerprint density at radius 3 is 2.10 bits per heavy atom. The van der Waals surface area contributed by atoms with E-state index in [0.29, 0.717) is 5.56 Å². The number of benzene rings is 4. The van der Waals surface area contributed by atoms with Gasteiger partial charge in [0.1, 0.15) is 11.6 Å². The second-order valence-corrected chi connectivity index (χ2v) is 9.70. The molecule has 0 amide bonds. The molecule has 0 fully saturated rings. The van der Waals surface area contributed by atoms with Gasteiger partial charge in [0.05, 0.1) is 11.4 Å². The third-order valence-electron chi connectivity index (χ3n) is 7.14. The fraction of sp³-hybridized carbons (Fsp3) is 0.0556. The van der Waals surface area contributed by atoms with Gasteiger partial charge >= 0.3 is 0 Å². The molecule has 6 aromatic rings. The van der Waals surface area contributed by atoms with Crippen molar-refractivity contribution in [2.75, 3.05) is 4.90 Å². The summed E-state index contributed by atoms with van der Waals surface area (Å²) in [6.45, 7) is 2.23. The first-order valence-corrected chi connectivity index (χ1v) is 13.4. The molecule has 2 heterocycles. The summed E-state index contributed by atoms with van der Waals surface area (Å²) in [6.07, 6.45) is 1.85. The van der Waals surface area contributed by atoms with Gasteiger partial charge in [-0.05, 0) is 60.2 Å². The molecule has 4 heteroatoms. The van der Waals surface area contributed by atoms with Crippen molar-refractivity contribution in [1.82, 2.24) is 9.97 Å². The molecule has 0 saturated heterocycles. The van der Waals surface area contributed by atoms with Gasteiger partial charge < -0.3 is 5.11 Å². The van der Waals surface area contributed by atoms with Crippen molar-refractivity contribution in [1.29, 1.82) is 0 Å². The number of pyridine rings is 2. The van der Waals surface area contributed by atoms with Crippen LogP contribution in [0.25, 0.3) is 22.5 Å². The Balaban J connectivity index is 1.46. The minimum absolute atomic E-state index is 0.149. The number of para-hydroxylation sites is 2. The number of phenolic OH excluding ortho intramolecular Hbond substituents is 1. The zero-order valence-corrected chi connectivity index (χ0v) is 22.2. The molecule has 1 unspecified atom stereocenters. The number of aromatic nitrogens is 2. The van der Waals surface area contributed by atoms with Gasteiger partial charge in [0.25, 0.3) is 0 Å². The Hall–Kier alpha value is -5.22. The molecule has 1 N–H and O–H groups in total. The highest BCUT2D eigenvalue weighted by atomic mass is 16.3. The van der Waals surface area contributed by atoms with Crippen LogP contribution in [0.3, 0.4) is 0 Å². The number of aromatic hydroxyl groups is 1. The Labute approximate surface area is 234 Å². The zero-order chi connectivity index (χ0) is 27.3. The van der Waals surface area contributed by atoms with Gasteiger partial charge in [-0.1, -0.05) is 91.9 Å². The third kappa shape index (κ3) is 5.07. The maximum atomic E-state index is 10.4. The van der Waals surface area contributed by atoms with E-state index >= 15 is 0 Å². The number of anilines is 3. The van der Waals surface area contributed by atoms with Gasteiger partial charge in [-0.25, -0.2) is 9.97 Å². The number of hydrogen-bond donors (Lipinski definition) is 1. The van der Waals surface area contributed by atoms with Crippen molar-refractivity contribution in [2.24, 2.45) is 0 Å². The first-order chi connectivity index (χ1) is 19.7. The van der Waals surface area contributed by atoms with Crippen molar-refractivity contribution in [3.8, 4) is 28.3 Å². The first-order valence-electron chi connectivity index (χ1n) is 13.4. The maximum absolute atomic E-state index is 10.4. The lowest BCUT2D eigenvalue weighted by atomic mass is 9.93. The molecule has 4 aromatic carbocycles. The molecule has 1 atom stereocenters. The van der Waals surface area contributed by atoms with Gasteiger partial charge in [-0.2, -0.15) is 0 Å². The molecular formula is C36H29N3O. The number of nitrogens with zero attached hydrogens (tertiary/aromatic N) is 3. The molecule has 0 aliphatic carbocycles. The minimum Gasteiger partial charge on any atom is -0.507 e. The SMILES string of the molecule is CC(c1ccccc1)c1cccnc1N(c1ccccc1)c1cccc(-c2cccc(-c3ccccc3O)n2)c1. The fourth-order valence-corrected chi connectivity index (χ4v) is 5.07. The van der Waals surface area contributed by atoms with Crippen LogP contribution in [-0.4, -0.2) is 15.1 Å². The van der Waals surface area contributed by atoms with E-state index in [-0.39, 0.29) is 11.7 Å². The molecule has 0 spiro atoms. The number of rotatable bonds is 7. The third-order valence-corrected chi connectivity index (χ3v) is 7.14. The first kappa shape index (κ1) is 25.1. The molecule has 40 heavy (non-hydrogen) atoms. The second-order valence-electron chi connectivity index (χ2n) is 9.70. The molecular weight excluding hydrogens is 490 g/mol. The van der Waals surface area contributed by atoms with Crippen molar-refractivity contribution in [2.45, 2.75) is 12.8 Å². The Morgan fingerprint density at radius 2 is 1.30 bits per heavy atom. The van der Waals surface area contributed by atoms with E-state index in [1.54, 1.807) is 6.07 Å². The van der Waals surface area contributed by atoms with Crippen LogP contribution < -0.4 is 4.90 Å². The van der Waals surface area contributed by atoms with Gasteiger partial charge in [0.15, 0.2) is 0 Å². The van der Waals surface area contributed by atoms with E-state index in [0.717, 1.165) is 39.7 Å². The summed E-state index contributed by atoms with van der Waals surface area (Å²) in [5, 5.41) is 10.4. The number of hydrogen-bond acceptors (Lipinski definition) is 4. The smallest absolute Gasteiger partial charge is 0.141 e. The molecule has 2 aromatic heterocycles. The molecule has 194 valence electrons. The largest absolute Gasteiger partial charge is 0.507 e. The summed E-state index contributed by atoms with van der Waals surface area (Å²) >= 11 is 0. The van der Waals surface area contributed by atoms with Crippen LogP contribution >= 0.6 is 0 Å². The van der Waals surface area contributed by atoms with E-state index in [4.69, 9.17) is 9.97 Å². The molecule has 4 nitrogen and oxygen atoms in total. The lowest BCUT2D eigenvalue weighted by molar-refractivity contribution is 0.477. The quantitative estimate of drug-likeness (QED) is 0.228. The Morgan fingerprint density at radius 1 is 0.625 bits per heavy atom. The Kier molecular flexibility index (Phi) is 7.06. The highest BCUT2D eigenvalue weighted by Gasteiger charge is 2.21. The summed E-state index contributed by atoms with van der Waals surface area (Å²) in [4.78, 5) is 12.1. The average molecular weight is 520 g/mol. The van der Waals surface area contributed by atoms with E-state index in [1.807, 2.05) is 72.9 Å². The van der Waals surface area contributed by atoms with E-state index in [1.165, 1.54) is 5.56 Å². The minimum atomic E-state index is 0.149. The predicted molar refractivity (Wildman–Crippen MR) is 163 cm³/mol. The predicted octanol–water partition coefficient (Wildman–Crippen LogP) is 9.14. The summed E-state index contributed by atoms with van der Waals surface area (Å²) in [6, 6.07) is 46.6.